The second-order valence-electron chi connectivity index (χ2n) is 6.37. The van der Waals surface area contributed by atoms with Gasteiger partial charge in [0.25, 0.3) is 0 Å². The molecule has 0 aliphatic carbocycles. The molecule has 0 unspecified atom stereocenters. The van der Waals surface area contributed by atoms with Gasteiger partial charge in [-0.15, -0.1) is 0 Å². The van der Waals surface area contributed by atoms with E-state index in [1.807, 2.05) is 51.1 Å². The quantitative estimate of drug-likeness (QED) is 0.734. The monoisotopic (exact) mass is 337 g/mol. The third-order valence-electron chi connectivity index (χ3n) is 2.92. The molecule has 5 heteroatoms. The van der Waals surface area contributed by atoms with Gasteiger partial charge >= 0.3 is 6.09 Å². The lowest BCUT2D eigenvalue weighted by Gasteiger charge is -2.27. The van der Waals surface area contributed by atoms with Crippen molar-refractivity contribution in [3.63, 3.8) is 0 Å². The van der Waals surface area contributed by atoms with Gasteiger partial charge in [-0.05, 0) is 26.3 Å². The van der Waals surface area contributed by atoms with E-state index in [1.165, 1.54) is 4.90 Å². The van der Waals surface area contributed by atoms with Gasteiger partial charge in [-0.2, -0.15) is 0 Å². The molecule has 0 spiro atoms. The molecule has 23 heavy (non-hydrogen) atoms. The van der Waals surface area contributed by atoms with Gasteiger partial charge in [-0.25, -0.2) is 4.79 Å². The molecule has 1 aromatic carbocycles. The average molecular weight is 338 g/mol. The van der Waals surface area contributed by atoms with Crippen LogP contribution in [0.5, 0.6) is 0 Å². The zero-order valence-corrected chi connectivity index (χ0v) is 14.7. The number of ether oxygens (including phenoxy) is 1. The summed E-state index contributed by atoms with van der Waals surface area (Å²) in [4.78, 5) is 25.7. The van der Waals surface area contributed by atoms with Crippen molar-refractivity contribution in [1.29, 1.82) is 0 Å². The second kappa shape index (κ2) is 8.73. The van der Waals surface area contributed by atoms with Crippen molar-refractivity contribution in [2.45, 2.75) is 45.8 Å². The van der Waals surface area contributed by atoms with Crippen LogP contribution in [0, 0.1) is 0 Å². The van der Waals surface area contributed by atoms with Crippen LogP contribution in [0.4, 0.5) is 4.79 Å². The van der Waals surface area contributed by atoms with Crippen molar-refractivity contribution >= 4 is 23.5 Å². The van der Waals surface area contributed by atoms with E-state index in [2.05, 4.69) is 6.58 Å². The van der Waals surface area contributed by atoms with E-state index in [1.54, 1.807) is 0 Å². The largest absolute Gasteiger partial charge is 0.444 e. The van der Waals surface area contributed by atoms with Gasteiger partial charge in [0.1, 0.15) is 11.4 Å². The summed E-state index contributed by atoms with van der Waals surface area (Å²) in [7, 11) is 0. The van der Waals surface area contributed by atoms with Gasteiger partial charge in [0.05, 0.1) is 0 Å². The SMILES string of the molecule is C=C(Cl)CC(=O)CCN(Cc1ccccc1)C(=O)OC(C)(C)C. The Morgan fingerprint density at radius 1 is 1.22 bits per heavy atom. The van der Waals surface area contributed by atoms with E-state index in [-0.39, 0.29) is 25.2 Å². The molecular formula is C18H24ClNO3. The molecule has 0 atom stereocenters. The van der Waals surface area contributed by atoms with Crippen molar-refractivity contribution in [3.05, 3.63) is 47.5 Å². The number of allylic oxidation sites excluding steroid dienone is 1. The Morgan fingerprint density at radius 2 is 1.83 bits per heavy atom. The van der Waals surface area contributed by atoms with Crippen molar-refractivity contribution in [2.24, 2.45) is 0 Å². The van der Waals surface area contributed by atoms with E-state index >= 15 is 0 Å². The van der Waals surface area contributed by atoms with E-state index in [0.29, 0.717) is 11.6 Å². The van der Waals surface area contributed by atoms with Crippen molar-refractivity contribution < 1.29 is 14.3 Å². The van der Waals surface area contributed by atoms with E-state index in [0.717, 1.165) is 5.56 Å². The minimum atomic E-state index is -0.583. The fourth-order valence-electron chi connectivity index (χ4n) is 1.93. The summed E-state index contributed by atoms with van der Waals surface area (Å²) < 4.78 is 5.42. The minimum Gasteiger partial charge on any atom is -0.444 e. The molecule has 0 saturated heterocycles. The van der Waals surface area contributed by atoms with Crippen LogP contribution in [0.3, 0.4) is 0 Å². The number of benzene rings is 1. The Morgan fingerprint density at radius 3 is 2.35 bits per heavy atom. The number of rotatable bonds is 7. The lowest BCUT2D eigenvalue weighted by Crippen LogP contribution is -2.37. The zero-order chi connectivity index (χ0) is 17.5. The van der Waals surface area contributed by atoms with Gasteiger partial charge in [0, 0.05) is 31.0 Å². The molecule has 0 heterocycles. The molecule has 126 valence electrons. The maximum atomic E-state index is 12.3. The average Bonchev–Trinajstić information content (AvgIpc) is 2.41. The summed E-state index contributed by atoms with van der Waals surface area (Å²) in [5.41, 5.74) is 0.396. The highest BCUT2D eigenvalue weighted by Gasteiger charge is 2.22. The lowest BCUT2D eigenvalue weighted by atomic mass is 10.1. The molecule has 0 radical (unpaired) electrons. The van der Waals surface area contributed by atoms with Gasteiger partial charge in [-0.1, -0.05) is 48.5 Å². The number of amides is 1. The smallest absolute Gasteiger partial charge is 0.410 e. The molecule has 0 aromatic heterocycles. The van der Waals surface area contributed by atoms with Crippen LogP contribution in [0.2, 0.25) is 0 Å². The molecule has 0 aliphatic heterocycles. The molecule has 0 saturated carbocycles. The topological polar surface area (TPSA) is 46.6 Å². The van der Waals surface area contributed by atoms with Crippen LogP contribution in [0.15, 0.2) is 41.9 Å². The first-order valence-electron chi connectivity index (χ1n) is 7.54. The first-order valence-corrected chi connectivity index (χ1v) is 7.92. The number of carbonyl (C=O) groups is 2. The highest BCUT2D eigenvalue weighted by Crippen LogP contribution is 2.14. The van der Waals surface area contributed by atoms with Gasteiger partial charge in [0.15, 0.2) is 0 Å². The molecule has 0 N–H and O–H groups in total. The molecule has 4 nitrogen and oxygen atoms in total. The molecule has 1 amide bonds. The number of halogens is 1. The number of hydrogen-bond donors (Lipinski definition) is 0. The van der Waals surface area contributed by atoms with E-state index < -0.39 is 11.7 Å². The normalized spacial score (nSPS) is 11.0. The van der Waals surface area contributed by atoms with Gasteiger partial charge < -0.3 is 9.64 Å². The second-order valence-corrected chi connectivity index (χ2v) is 6.90. The Bertz CT molecular complexity index is 549. The van der Waals surface area contributed by atoms with Crippen molar-refractivity contribution in [3.8, 4) is 0 Å². The van der Waals surface area contributed by atoms with E-state index in [4.69, 9.17) is 16.3 Å². The molecule has 0 fully saturated rings. The third kappa shape index (κ3) is 8.41. The Labute approximate surface area is 143 Å². The molecule has 0 bridgehead atoms. The minimum absolute atomic E-state index is 0.0494. The summed E-state index contributed by atoms with van der Waals surface area (Å²) in [6, 6.07) is 9.59. The third-order valence-corrected chi connectivity index (χ3v) is 3.05. The number of hydrogen-bond acceptors (Lipinski definition) is 3. The Kier molecular flexibility index (Phi) is 7.30. The van der Waals surface area contributed by atoms with Crippen LogP contribution in [0.1, 0.15) is 39.2 Å². The fraction of sp³-hybridized carbons (Fsp3) is 0.444. The predicted molar refractivity (Wildman–Crippen MR) is 92.3 cm³/mol. The number of Topliss-reactive ketones (excluding diaryl/α,β-unsaturated/α-hetero) is 1. The number of carbonyl (C=O) groups excluding carboxylic acids is 2. The fourth-order valence-corrected chi connectivity index (χ4v) is 2.08. The molecule has 1 rings (SSSR count). The number of nitrogens with zero attached hydrogens (tertiary/aromatic N) is 1. The highest BCUT2D eigenvalue weighted by atomic mass is 35.5. The maximum absolute atomic E-state index is 12.3. The Balaban J connectivity index is 2.73. The molecular weight excluding hydrogens is 314 g/mol. The summed E-state index contributed by atoms with van der Waals surface area (Å²) in [6.45, 7) is 9.63. The van der Waals surface area contributed by atoms with Crippen LogP contribution < -0.4 is 0 Å². The highest BCUT2D eigenvalue weighted by molar-refractivity contribution is 6.30. The van der Waals surface area contributed by atoms with Gasteiger partial charge in [-0.3, -0.25) is 4.79 Å². The first kappa shape index (κ1) is 19.2. The summed E-state index contributed by atoms with van der Waals surface area (Å²) in [5, 5.41) is 0.307. The summed E-state index contributed by atoms with van der Waals surface area (Å²) in [5.74, 6) is -0.0494. The lowest BCUT2D eigenvalue weighted by molar-refractivity contribution is -0.118. The van der Waals surface area contributed by atoms with Crippen molar-refractivity contribution in [1.82, 2.24) is 4.90 Å². The van der Waals surface area contributed by atoms with Crippen LogP contribution in [-0.4, -0.2) is 28.9 Å². The van der Waals surface area contributed by atoms with Crippen LogP contribution in [0.25, 0.3) is 0 Å². The van der Waals surface area contributed by atoms with Crippen LogP contribution in [-0.2, 0) is 16.1 Å². The molecule has 1 aromatic rings. The summed E-state index contributed by atoms with van der Waals surface area (Å²) >= 11 is 5.65. The van der Waals surface area contributed by atoms with E-state index in [9.17, 15) is 9.59 Å². The standard InChI is InChI=1S/C18H24ClNO3/c1-14(19)12-16(21)10-11-20(17(22)23-18(2,3)4)13-15-8-6-5-7-9-15/h5-9H,1,10-13H2,2-4H3. The Hall–Kier alpha value is -1.81. The maximum Gasteiger partial charge on any atom is 0.410 e. The number of ketones is 1. The first-order chi connectivity index (χ1) is 10.7. The van der Waals surface area contributed by atoms with Gasteiger partial charge in [0.2, 0.25) is 0 Å². The summed E-state index contributed by atoms with van der Waals surface area (Å²) in [6.07, 6.45) is -0.0915. The molecule has 0 aliphatic rings. The van der Waals surface area contributed by atoms with Crippen LogP contribution >= 0.6 is 11.6 Å². The predicted octanol–water partition coefficient (Wildman–Crippen LogP) is 4.53. The zero-order valence-electron chi connectivity index (χ0n) is 14.0. The van der Waals surface area contributed by atoms with Crippen molar-refractivity contribution in [2.75, 3.05) is 6.54 Å².